The molecule has 19 heavy (non-hydrogen) atoms. The Balaban J connectivity index is 2.13. The molecule has 104 valence electrons. The van der Waals surface area contributed by atoms with Crippen molar-refractivity contribution in [1.82, 2.24) is 0 Å². The summed E-state index contributed by atoms with van der Waals surface area (Å²) in [5, 5.41) is 8.97. The Labute approximate surface area is 113 Å². The highest BCUT2D eigenvalue weighted by Gasteiger charge is 2.20. The maximum atomic E-state index is 10.9. The summed E-state index contributed by atoms with van der Waals surface area (Å²) in [7, 11) is 1.72. The standard InChI is InChI=1S/C14H20N2O3/c1-19-9-10-3-2-6-16(8-10)11-4-5-12(14(17)18)13(15)7-11/h4-5,7,10H,2-3,6,8-9,15H2,1H3,(H,17,18). The number of methoxy groups -OCH3 is 1. The van der Waals surface area contributed by atoms with E-state index in [1.54, 1.807) is 19.2 Å². The van der Waals surface area contributed by atoms with Gasteiger partial charge in [-0.3, -0.25) is 0 Å². The van der Waals surface area contributed by atoms with Gasteiger partial charge in [0.1, 0.15) is 0 Å². The topological polar surface area (TPSA) is 75.8 Å². The van der Waals surface area contributed by atoms with Crippen LogP contribution in [0.4, 0.5) is 11.4 Å². The predicted octanol–water partition coefficient (Wildman–Crippen LogP) is 1.83. The normalized spacial score (nSPS) is 19.4. The van der Waals surface area contributed by atoms with Crippen molar-refractivity contribution in [3.63, 3.8) is 0 Å². The van der Waals surface area contributed by atoms with Gasteiger partial charge in [0.2, 0.25) is 0 Å². The second kappa shape index (κ2) is 5.93. The van der Waals surface area contributed by atoms with Gasteiger partial charge in [-0.05, 0) is 37.0 Å². The molecule has 3 N–H and O–H groups in total. The van der Waals surface area contributed by atoms with E-state index in [9.17, 15) is 4.79 Å². The van der Waals surface area contributed by atoms with Crippen molar-refractivity contribution in [2.24, 2.45) is 5.92 Å². The van der Waals surface area contributed by atoms with Crippen LogP contribution in [0.2, 0.25) is 0 Å². The number of anilines is 2. The summed E-state index contributed by atoms with van der Waals surface area (Å²) >= 11 is 0. The SMILES string of the molecule is COCC1CCCN(c2ccc(C(=O)O)c(N)c2)C1. The largest absolute Gasteiger partial charge is 0.478 e. The lowest BCUT2D eigenvalue weighted by Crippen LogP contribution is -2.37. The minimum absolute atomic E-state index is 0.161. The van der Waals surface area contributed by atoms with E-state index in [1.807, 2.05) is 6.07 Å². The van der Waals surface area contributed by atoms with Gasteiger partial charge in [-0.15, -0.1) is 0 Å². The number of carbonyl (C=O) groups is 1. The lowest BCUT2D eigenvalue weighted by atomic mass is 9.98. The zero-order valence-corrected chi connectivity index (χ0v) is 11.1. The first-order chi connectivity index (χ1) is 9.11. The van der Waals surface area contributed by atoms with Gasteiger partial charge < -0.3 is 20.5 Å². The minimum atomic E-state index is -0.986. The van der Waals surface area contributed by atoms with Crippen molar-refractivity contribution in [3.8, 4) is 0 Å². The number of nitrogens with two attached hydrogens (primary N) is 1. The third-order valence-electron chi connectivity index (χ3n) is 3.55. The van der Waals surface area contributed by atoms with Crippen molar-refractivity contribution in [2.45, 2.75) is 12.8 Å². The molecule has 1 aromatic carbocycles. The molecule has 1 unspecified atom stereocenters. The Morgan fingerprint density at radius 2 is 2.37 bits per heavy atom. The Morgan fingerprint density at radius 1 is 1.58 bits per heavy atom. The molecule has 1 atom stereocenters. The van der Waals surface area contributed by atoms with Crippen LogP contribution in [-0.4, -0.2) is 37.9 Å². The highest BCUT2D eigenvalue weighted by molar-refractivity contribution is 5.94. The number of nitrogen functional groups attached to an aromatic ring is 1. The van der Waals surface area contributed by atoms with Gasteiger partial charge in [-0.25, -0.2) is 4.79 Å². The van der Waals surface area contributed by atoms with Crippen LogP contribution in [0, 0.1) is 5.92 Å². The van der Waals surface area contributed by atoms with Gasteiger partial charge in [0.15, 0.2) is 0 Å². The molecule has 2 rings (SSSR count). The Morgan fingerprint density at radius 3 is 3.00 bits per heavy atom. The molecule has 1 saturated heterocycles. The Bertz CT molecular complexity index is 460. The monoisotopic (exact) mass is 264 g/mol. The number of hydrogen-bond donors (Lipinski definition) is 2. The summed E-state index contributed by atoms with van der Waals surface area (Å²) in [4.78, 5) is 13.2. The number of aromatic carboxylic acids is 1. The van der Waals surface area contributed by atoms with Crippen molar-refractivity contribution >= 4 is 17.3 Å². The molecule has 0 aliphatic carbocycles. The average Bonchev–Trinajstić information content (AvgIpc) is 2.39. The van der Waals surface area contributed by atoms with Gasteiger partial charge in [0.25, 0.3) is 0 Å². The summed E-state index contributed by atoms with van der Waals surface area (Å²) in [6.45, 7) is 2.67. The third kappa shape index (κ3) is 3.17. The number of hydrogen-bond acceptors (Lipinski definition) is 4. The summed E-state index contributed by atoms with van der Waals surface area (Å²) < 4.78 is 5.21. The van der Waals surface area contributed by atoms with Crippen molar-refractivity contribution in [2.75, 3.05) is 37.4 Å². The number of piperidine rings is 1. The van der Waals surface area contributed by atoms with E-state index in [2.05, 4.69) is 4.90 Å². The Hall–Kier alpha value is -1.75. The van der Waals surface area contributed by atoms with Crippen LogP contribution >= 0.6 is 0 Å². The fourth-order valence-electron chi connectivity index (χ4n) is 2.61. The smallest absolute Gasteiger partial charge is 0.337 e. The lowest BCUT2D eigenvalue weighted by molar-refractivity contribution is 0.0698. The molecule has 0 saturated carbocycles. The van der Waals surface area contributed by atoms with E-state index < -0.39 is 5.97 Å². The lowest BCUT2D eigenvalue weighted by Gasteiger charge is -2.34. The number of ether oxygens (including phenoxy) is 1. The summed E-state index contributed by atoms with van der Waals surface area (Å²) in [6, 6.07) is 5.15. The summed E-state index contributed by atoms with van der Waals surface area (Å²) in [5.74, 6) is -0.459. The minimum Gasteiger partial charge on any atom is -0.478 e. The molecular weight excluding hydrogens is 244 g/mol. The van der Waals surface area contributed by atoms with Crippen LogP contribution in [0.5, 0.6) is 0 Å². The van der Waals surface area contributed by atoms with E-state index in [0.717, 1.165) is 31.8 Å². The Kier molecular flexibility index (Phi) is 4.27. The van der Waals surface area contributed by atoms with Gasteiger partial charge in [-0.1, -0.05) is 0 Å². The van der Waals surface area contributed by atoms with Crippen molar-refractivity contribution in [1.29, 1.82) is 0 Å². The van der Waals surface area contributed by atoms with Crippen LogP contribution in [0.3, 0.4) is 0 Å². The molecule has 0 bridgehead atoms. The number of benzene rings is 1. The van der Waals surface area contributed by atoms with Gasteiger partial charge in [0, 0.05) is 31.6 Å². The number of rotatable bonds is 4. The van der Waals surface area contributed by atoms with Crippen LogP contribution in [0.25, 0.3) is 0 Å². The molecule has 1 heterocycles. The highest BCUT2D eigenvalue weighted by Crippen LogP contribution is 2.26. The molecular formula is C14H20N2O3. The van der Waals surface area contributed by atoms with E-state index in [4.69, 9.17) is 15.6 Å². The second-order valence-electron chi connectivity index (χ2n) is 4.99. The van der Waals surface area contributed by atoms with E-state index >= 15 is 0 Å². The first-order valence-electron chi connectivity index (χ1n) is 6.48. The first kappa shape index (κ1) is 13.7. The second-order valence-corrected chi connectivity index (χ2v) is 4.99. The van der Waals surface area contributed by atoms with E-state index in [0.29, 0.717) is 11.6 Å². The fourth-order valence-corrected chi connectivity index (χ4v) is 2.61. The molecule has 0 amide bonds. The molecule has 1 aliphatic heterocycles. The maximum Gasteiger partial charge on any atom is 0.337 e. The van der Waals surface area contributed by atoms with Crippen molar-refractivity contribution in [3.05, 3.63) is 23.8 Å². The number of carboxylic acids is 1. The van der Waals surface area contributed by atoms with Crippen LogP contribution in [-0.2, 0) is 4.74 Å². The number of nitrogens with zero attached hydrogens (tertiary/aromatic N) is 1. The summed E-state index contributed by atoms with van der Waals surface area (Å²) in [6.07, 6.45) is 2.29. The summed E-state index contributed by atoms with van der Waals surface area (Å²) in [5.41, 5.74) is 7.26. The van der Waals surface area contributed by atoms with Crippen LogP contribution in [0.15, 0.2) is 18.2 Å². The first-order valence-corrected chi connectivity index (χ1v) is 6.48. The molecule has 0 radical (unpaired) electrons. The van der Waals surface area contributed by atoms with Crippen molar-refractivity contribution < 1.29 is 14.6 Å². The quantitative estimate of drug-likeness (QED) is 0.811. The van der Waals surface area contributed by atoms with Crippen LogP contribution in [0.1, 0.15) is 23.2 Å². The molecule has 1 fully saturated rings. The van der Waals surface area contributed by atoms with Crippen LogP contribution < -0.4 is 10.6 Å². The predicted molar refractivity (Wildman–Crippen MR) is 74.6 cm³/mol. The molecule has 5 heteroatoms. The molecule has 5 nitrogen and oxygen atoms in total. The zero-order valence-electron chi connectivity index (χ0n) is 11.1. The van der Waals surface area contributed by atoms with Gasteiger partial charge in [0.05, 0.1) is 12.2 Å². The molecule has 1 aromatic rings. The highest BCUT2D eigenvalue weighted by atomic mass is 16.5. The zero-order chi connectivity index (χ0) is 13.8. The third-order valence-corrected chi connectivity index (χ3v) is 3.55. The molecule has 1 aliphatic rings. The molecule has 0 aromatic heterocycles. The van der Waals surface area contributed by atoms with Gasteiger partial charge >= 0.3 is 5.97 Å². The maximum absolute atomic E-state index is 10.9. The molecule has 0 spiro atoms. The number of carboxylic acid groups (broad SMARTS) is 1. The van der Waals surface area contributed by atoms with E-state index in [1.165, 1.54) is 6.42 Å². The van der Waals surface area contributed by atoms with E-state index in [-0.39, 0.29) is 5.56 Å². The fraction of sp³-hybridized carbons (Fsp3) is 0.500. The van der Waals surface area contributed by atoms with Gasteiger partial charge in [-0.2, -0.15) is 0 Å². The average molecular weight is 264 g/mol.